The van der Waals surface area contributed by atoms with Crippen LogP contribution in [0, 0.1) is 10.1 Å². The molecule has 0 aromatic rings. The molecular weight excluding hydrogens is 216 g/mol. The predicted molar refractivity (Wildman–Crippen MR) is 44.0 cm³/mol. The summed E-state index contributed by atoms with van der Waals surface area (Å²) < 4.78 is 28.1. The van der Waals surface area contributed by atoms with Crippen molar-refractivity contribution >= 4 is 5.97 Å². The molecular formula is C7H11F2NO5. The number of methoxy groups -OCH3 is 1. The van der Waals surface area contributed by atoms with Gasteiger partial charge in [-0.1, -0.05) is 0 Å². The normalized spacial score (nSPS) is 14.7. The fourth-order valence-electron chi connectivity index (χ4n) is 0.937. The first-order valence-corrected chi connectivity index (χ1v) is 4.06. The van der Waals surface area contributed by atoms with Crippen molar-refractivity contribution < 1.29 is 28.3 Å². The molecule has 0 bridgehead atoms. The van der Waals surface area contributed by atoms with Crippen molar-refractivity contribution in [1.82, 2.24) is 0 Å². The fourth-order valence-corrected chi connectivity index (χ4v) is 0.937. The average molecular weight is 227 g/mol. The molecule has 0 spiro atoms. The molecule has 0 aromatic heterocycles. The molecule has 0 aromatic carbocycles. The van der Waals surface area contributed by atoms with Crippen LogP contribution in [-0.4, -0.2) is 41.7 Å². The number of nitrogens with zero attached hydrogens (tertiary/aromatic N) is 1. The minimum Gasteiger partial charge on any atom is -0.469 e. The molecule has 8 heteroatoms. The number of hydrogen-bond donors (Lipinski definition) is 1. The summed E-state index contributed by atoms with van der Waals surface area (Å²) in [4.78, 5) is 19.9. The van der Waals surface area contributed by atoms with Gasteiger partial charge in [-0.15, -0.1) is 0 Å². The van der Waals surface area contributed by atoms with Gasteiger partial charge in [0.25, 0.3) is 6.43 Å². The number of hydrogen-bond acceptors (Lipinski definition) is 5. The number of esters is 1. The number of carbonyl (C=O) groups is 1. The maximum Gasteiger partial charge on any atom is 0.305 e. The molecule has 6 nitrogen and oxygen atoms in total. The van der Waals surface area contributed by atoms with Gasteiger partial charge in [0.2, 0.25) is 6.04 Å². The highest BCUT2D eigenvalue weighted by Gasteiger charge is 2.36. The molecule has 0 aliphatic carbocycles. The Labute approximate surface area is 84.0 Å². The quantitative estimate of drug-likeness (QED) is 0.398. The van der Waals surface area contributed by atoms with Crippen molar-refractivity contribution in [3.8, 4) is 0 Å². The zero-order valence-electron chi connectivity index (χ0n) is 7.93. The van der Waals surface area contributed by atoms with Crippen molar-refractivity contribution in [3.63, 3.8) is 0 Å². The number of halogens is 2. The maximum atomic E-state index is 12.0. The van der Waals surface area contributed by atoms with E-state index in [1.165, 1.54) is 0 Å². The highest BCUT2D eigenvalue weighted by Crippen LogP contribution is 2.13. The van der Waals surface area contributed by atoms with Crippen LogP contribution in [0.1, 0.15) is 12.8 Å². The van der Waals surface area contributed by atoms with Gasteiger partial charge in [0.1, 0.15) is 0 Å². The van der Waals surface area contributed by atoms with Gasteiger partial charge in [-0.3, -0.25) is 14.9 Å². The number of aliphatic hydroxyl groups is 1. The van der Waals surface area contributed by atoms with Gasteiger partial charge in [-0.05, 0) is 0 Å². The monoisotopic (exact) mass is 227 g/mol. The number of nitro groups is 1. The predicted octanol–water partition coefficient (Wildman–Crippen LogP) is 0.211. The molecule has 0 aliphatic heterocycles. The van der Waals surface area contributed by atoms with E-state index < -0.39 is 35.9 Å². The highest BCUT2D eigenvalue weighted by atomic mass is 19.3. The van der Waals surface area contributed by atoms with Gasteiger partial charge in [0.15, 0.2) is 6.10 Å². The third kappa shape index (κ3) is 4.63. The lowest BCUT2D eigenvalue weighted by Gasteiger charge is -2.14. The Bertz CT molecular complexity index is 235. The third-order valence-electron chi connectivity index (χ3n) is 1.80. The Hall–Kier alpha value is -1.31. The summed E-state index contributed by atoms with van der Waals surface area (Å²) in [6.07, 6.45) is -6.44. The minimum absolute atomic E-state index is 0.383. The van der Waals surface area contributed by atoms with Crippen molar-refractivity contribution in [2.45, 2.75) is 31.4 Å². The van der Waals surface area contributed by atoms with Crippen LogP contribution in [0.4, 0.5) is 8.78 Å². The molecule has 0 amide bonds. The number of alkyl halides is 2. The Morgan fingerprint density at radius 1 is 1.60 bits per heavy atom. The van der Waals surface area contributed by atoms with Crippen LogP contribution in [0.2, 0.25) is 0 Å². The van der Waals surface area contributed by atoms with Crippen LogP contribution < -0.4 is 0 Å². The van der Waals surface area contributed by atoms with Gasteiger partial charge in [-0.25, -0.2) is 8.78 Å². The van der Waals surface area contributed by atoms with Crippen molar-refractivity contribution in [2.75, 3.05) is 7.11 Å². The number of ether oxygens (including phenoxy) is 1. The summed E-state index contributed by atoms with van der Waals surface area (Å²) in [5.74, 6) is -0.747. The fraction of sp³-hybridized carbons (Fsp3) is 0.857. The Balaban J connectivity index is 4.29. The van der Waals surface area contributed by atoms with Gasteiger partial charge in [0, 0.05) is 11.3 Å². The second-order valence-electron chi connectivity index (χ2n) is 2.79. The lowest BCUT2D eigenvalue weighted by molar-refractivity contribution is -0.538. The topological polar surface area (TPSA) is 89.7 Å². The summed E-state index contributed by atoms with van der Waals surface area (Å²) in [6, 6.07) is -1.86. The molecule has 88 valence electrons. The van der Waals surface area contributed by atoms with Gasteiger partial charge in [-0.2, -0.15) is 0 Å². The summed E-state index contributed by atoms with van der Waals surface area (Å²) in [6.45, 7) is 0. The van der Waals surface area contributed by atoms with E-state index >= 15 is 0 Å². The summed E-state index contributed by atoms with van der Waals surface area (Å²) in [5.41, 5.74) is 0. The van der Waals surface area contributed by atoms with E-state index in [1.54, 1.807) is 0 Å². The van der Waals surface area contributed by atoms with E-state index in [1.807, 2.05) is 0 Å². The standard InChI is InChI=1S/C7H11F2NO5/c1-15-5(11)3-2-4(10(13)14)6(12)7(8)9/h4,6-7,12H,2-3H2,1H3. The SMILES string of the molecule is COC(=O)CCC(C(O)C(F)F)[N+](=O)[O-]. The third-order valence-corrected chi connectivity index (χ3v) is 1.80. The van der Waals surface area contributed by atoms with Crippen molar-refractivity contribution in [3.05, 3.63) is 10.1 Å². The molecule has 0 fully saturated rings. The summed E-state index contributed by atoms with van der Waals surface area (Å²) in [5, 5.41) is 19.1. The van der Waals surface area contributed by atoms with E-state index in [4.69, 9.17) is 5.11 Å². The van der Waals surface area contributed by atoms with Gasteiger partial charge >= 0.3 is 5.97 Å². The zero-order chi connectivity index (χ0) is 12.0. The largest absolute Gasteiger partial charge is 0.469 e. The van der Waals surface area contributed by atoms with Gasteiger partial charge < -0.3 is 9.84 Å². The molecule has 1 N–H and O–H groups in total. The van der Waals surface area contributed by atoms with Crippen LogP contribution >= 0.6 is 0 Å². The molecule has 0 rings (SSSR count). The summed E-state index contributed by atoms with van der Waals surface area (Å²) in [7, 11) is 1.08. The lowest BCUT2D eigenvalue weighted by atomic mass is 10.1. The molecule has 15 heavy (non-hydrogen) atoms. The van der Waals surface area contributed by atoms with Crippen LogP contribution in [0.5, 0.6) is 0 Å². The van der Waals surface area contributed by atoms with Crippen LogP contribution in [0.3, 0.4) is 0 Å². The first kappa shape index (κ1) is 13.7. The first-order valence-electron chi connectivity index (χ1n) is 4.06. The van der Waals surface area contributed by atoms with Crippen LogP contribution in [0.15, 0.2) is 0 Å². The lowest BCUT2D eigenvalue weighted by Crippen LogP contribution is -2.39. The van der Waals surface area contributed by atoms with Gasteiger partial charge in [0.05, 0.1) is 13.5 Å². The smallest absolute Gasteiger partial charge is 0.305 e. The average Bonchev–Trinajstić information content (AvgIpc) is 2.16. The van der Waals surface area contributed by atoms with Crippen LogP contribution in [-0.2, 0) is 9.53 Å². The van der Waals surface area contributed by atoms with Crippen molar-refractivity contribution in [1.29, 1.82) is 0 Å². The van der Waals surface area contributed by atoms with Crippen molar-refractivity contribution in [2.24, 2.45) is 0 Å². The number of aliphatic hydroxyl groups excluding tert-OH is 1. The van der Waals surface area contributed by atoms with Crippen LogP contribution in [0.25, 0.3) is 0 Å². The molecule has 0 radical (unpaired) electrons. The minimum atomic E-state index is -3.21. The van der Waals surface area contributed by atoms with E-state index in [2.05, 4.69) is 4.74 Å². The molecule has 0 saturated carbocycles. The number of carbonyl (C=O) groups excluding carboxylic acids is 1. The van der Waals surface area contributed by atoms with E-state index in [0.717, 1.165) is 7.11 Å². The summed E-state index contributed by atoms with van der Waals surface area (Å²) >= 11 is 0. The maximum absolute atomic E-state index is 12.0. The highest BCUT2D eigenvalue weighted by molar-refractivity contribution is 5.69. The van der Waals surface area contributed by atoms with E-state index in [0.29, 0.717) is 0 Å². The van der Waals surface area contributed by atoms with E-state index in [-0.39, 0.29) is 6.42 Å². The molecule has 2 unspecified atom stereocenters. The Morgan fingerprint density at radius 3 is 2.47 bits per heavy atom. The Kier molecular flexibility index (Phi) is 5.68. The zero-order valence-corrected chi connectivity index (χ0v) is 7.93. The van der Waals surface area contributed by atoms with E-state index in [9.17, 15) is 23.7 Å². The second-order valence-corrected chi connectivity index (χ2v) is 2.79. The Morgan fingerprint density at radius 2 is 2.13 bits per heavy atom. The second kappa shape index (κ2) is 6.23. The molecule has 0 saturated heterocycles. The molecule has 2 atom stereocenters. The number of rotatable bonds is 6. The molecule has 0 aliphatic rings. The first-order chi connectivity index (χ1) is 6.90. The molecule has 0 heterocycles.